The topological polar surface area (TPSA) is 34.8 Å². The third kappa shape index (κ3) is 2.60. The smallest absolute Gasteiger partial charge is 0.319 e. The lowest BCUT2D eigenvalue weighted by molar-refractivity contribution is 0.0667. The maximum Gasteiger partial charge on any atom is 0.319 e. The quantitative estimate of drug-likeness (QED) is 0.883. The molecule has 2 aromatic heterocycles. The molecule has 0 radical (unpaired) electrons. The summed E-state index contributed by atoms with van der Waals surface area (Å²) in [6, 6.07) is 2.42. The first-order valence-electron chi connectivity index (χ1n) is 6.82. The van der Waals surface area contributed by atoms with Crippen molar-refractivity contribution in [3.63, 3.8) is 0 Å². The summed E-state index contributed by atoms with van der Waals surface area (Å²) in [4.78, 5) is 4.00. The Bertz CT molecular complexity index is 571. The van der Waals surface area contributed by atoms with Gasteiger partial charge in [0, 0.05) is 30.8 Å². The second-order valence-corrected chi connectivity index (χ2v) is 5.25. The standard InChI is InChI=1S/C14H18F2N4/c1-17-13(10-2-3-10)11-4-6-19(8-11)9-12-18-5-7-20(12)14(15)16/h4-8,10,13-14,17H,2-3,9H2,1H3. The number of aromatic nitrogens is 3. The van der Waals surface area contributed by atoms with Crippen LogP contribution in [0.3, 0.4) is 0 Å². The van der Waals surface area contributed by atoms with Crippen molar-refractivity contribution in [3.05, 3.63) is 42.2 Å². The molecular formula is C14H18F2N4. The predicted molar refractivity (Wildman–Crippen MR) is 71.5 cm³/mol. The molecule has 3 rings (SSSR count). The van der Waals surface area contributed by atoms with Crippen LogP contribution in [0.2, 0.25) is 0 Å². The summed E-state index contributed by atoms with van der Waals surface area (Å²) in [7, 11) is 1.96. The summed E-state index contributed by atoms with van der Waals surface area (Å²) in [5.41, 5.74) is 1.21. The zero-order valence-electron chi connectivity index (χ0n) is 11.3. The summed E-state index contributed by atoms with van der Waals surface area (Å²) in [6.45, 7) is -2.18. The van der Waals surface area contributed by atoms with Gasteiger partial charge in [-0.2, -0.15) is 8.78 Å². The molecule has 1 unspecified atom stereocenters. The molecule has 0 spiro atoms. The van der Waals surface area contributed by atoms with E-state index in [1.807, 2.05) is 24.0 Å². The Kier molecular flexibility index (Phi) is 3.56. The molecule has 0 bridgehead atoms. The monoisotopic (exact) mass is 280 g/mol. The van der Waals surface area contributed by atoms with Crippen molar-refractivity contribution in [2.45, 2.75) is 32.0 Å². The third-order valence-electron chi connectivity index (χ3n) is 3.82. The van der Waals surface area contributed by atoms with Crippen molar-refractivity contribution in [1.29, 1.82) is 0 Å². The molecule has 4 nitrogen and oxygen atoms in total. The highest BCUT2D eigenvalue weighted by Crippen LogP contribution is 2.40. The first kappa shape index (κ1) is 13.3. The Balaban J connectivity index is 1.75. The minimum absolute atomic E-state index is 0.360. The Morgan fingerprint density at radius 1 is 1.40 bits per heavy atom. The number of halogens is 2. The van der Waals surface area contributed by atoms with E-state index in [9.17, 15) is 8.78 Å². The van der Waals surface area contributed by atoms with E-state index in [0.717, 1.165) is 4.57 Å². The highest BCUT2D eigenvalue weighted by molar-refractivity contribution is 5.18. The van der Waals surface area contributed by atoms with Crippen LogP contribution in [0.25, 0.3) is 0 Å². The lowest BCUT2D eigenvalue weighted by atomic mass is 10.1. The molecular weight excluding hydrogens is 262 g/mol. The Labute approximate surface area is 116 Å². The predicted octanol–water partition coefficient (Wildman–Crippen LogP) is 2.80. The number of alkyl halides is 2. The lowest BCUT2D eigenvalue weighted by Crippen LogP contribution is -2.17. The number of hydrogen-bond donors (Lipinski definition) is 1. The lowest BCUT2D eigenvalue weighted by Gasteiger charge is -2.13. The molecule has 20 heavy (non-hydrogen) atoms. The number of nitrogens with zero attached hydrogens (tertiary/aromatic N) is 3. The summed E-state index contributed by atoms with van der Waals surface area (Å²) in [6.07, 6.45) is 9.17. The van der Waals surface area contributed by atoms with Crippen LogP contribution in [0.4, 0.5) is 8.78 Å². The van der Waals surface area contributed by atoms with Gasteiger partial charge in [-0.25, -0.2) is 4.98 Å². The van der Waals surface area contributed by atoms with Gasteiger partial charge in [-0.15, -0.1) is 0 Å². The zero-order chi connectivity index (χ0) is 14.1. The van der Waals surface area contributed by atoms with Gasteiger partial charge >= 0.3 is 6.55 Å². The summed E-state index contributed by atoms with van der Waals surface area (Å²) in [5, 5.41) is 3.33. The first-order chi connectivity index (χ1) is 9.69. The van der Waals surface area contributed by atoms with E-state index in [1.165, 1.54) is 30.8 Å². The van der Waals surface area contributed by atoms with Crippen LogP contribution < -0.4 is 5.32 Å². The molecule has 0 saturated heterocycles. The Hall–Kier alpha value is -1.69. The molecule has 1 N–H and O–H groups in total. The van der Waals surface area contributed by atoms with Crippen molar-refractivity contribution in [3.8, 4) is 0 Å². The summed E-state index contributed by atoms with van der Waals surface area (Å²) >= 11 is 0. The van der Waals surface area contributed by atoms with Crippen LogP contribution in [0, 0.1) is 5.92 Å². The molecule has 0 amide bonds. The van der Waals surface area contributed by atoms with E-state index in [0.29, 0.717) is 24.3 Å². The Morgan fingerprint density at radius 3 is 2.85 bits per heavy atom. The average molecular weight is 280 g/mol. The van der Waals surface area contributed by atoms with Gasteiger partial charge in [-0.05, 0) is 37.4 Å². The summed E-state index contributed by atoms with van der Waals surface area (Å²) in [5.74, 6) is 1.08. The van der Waals surface area contributed by atoms with Crippen LogP contribution >= 0.6 is 0 Å². The van der Waals surface area contributed by atoms with Gasteiger partial charge in [-0.1, -0.05) is 0 Å². The van der Waals surface area contributed by atoms with E-state index in [2.05, 4.69) is 16.4 Å². The molecule has 2 heterocycles. The summed E-state index contributed by atoms with van der Waals surface area (Å²) < 4.78 is 28.3. The van der Waals surface area contributed by atoms with Crippen LogP contribution in [0.1, 0.15) is 36.8 Å². The van der Waals surface area contributed by atoms with Crippen LogP contribution in [0.15, 0.2) is 30.9 Å². The van der Waals surface area contributed by atoms with E-state index in [4.69, 9.17) is 0 Å². The fraction of sp³-hybridized carbons (Fsp3) is 0.500. The van der Waals surface area contributed by atoms with Gasteiger partial charge < -0.3 is 9.88 Å². The van der Waals surface area contributed by atoms with Gasteiger partial charge in [0.2, 0.25) is 0 Å². The molecule has 1 saturated carbocycles. The second kappa shape index (κ2) is 5.36. The van der Waals surface area contributed by atoms with Gasteiger partial charge in [0.1, 0.15) is 5.82 Å². The van der Waals surface area contributed by atoms with E-state index in [1.54, 1.807) is 0 Å². The first-order valence-corrected chi connectivity index (χ1v) is 6.82. The maximum absolute atomic E-state index is 12.8. The molecule has 0 aliphatic heterocycles. The molecule has 1 aliphatic carbocycles. The highest BCUT2D eigenvalue weighted by atomic mass is 19.3. The van der Waals surface area contributed by atoms with Crippen molar-refractivity contribution >= 4 is 0 Å². The molecule has 0 aromatic carbocycles. The average Bonchev–Trinajstić information content (AvgIpc) is 2.97. The van der Waals surface area contributed by atoms with Crippen LogP contribution in [-0.4, -0.2) is 21.2 Å². The Morgan fingerprint density at radius 2 is 2.20 bits per heavy atom. The van der Waals surface area contributed by atoms with Crippen molar-refractivity contribution in [2.75, 3.05) is 7.05 Å². The van der Waals surface area contributed by atoms with Gasteiger partial charge in [-0.3, -0.25) is 4.57 Å². The SMILES string of the molecule is CNC(c1ccn(Cc2nccn2C(F)F)c1)C1CC1. The number of imidazole rings is 1. The normalized spacial score (nSPS) is 16.8. The van der Waals surface area contributed by atoms with Crippen LogP contribution in [-0.2, 0) is 6.54 Å². The van der Waals surface area contributed by atoms with Crippen molar-refractivity contribution < 1.29 is 8.78 Å². The molecule has 2 aromatic rings. The molecule has 108 valence electrons. The van der Waals surface area contributed by atoms with Gasteiger partial charge in [0.15, 0.2) is 0 Å². The van der Waals surface area contributed by atoms with Gasteiger partial charge in [0.05, 0.1) is 6.54 Å². The van der Waals surface area contributed by atoms with Crippen LogP contribution in [0.5, 0.6) is 0 Å². The largest absolute Gasteiger partial charge is 0.346 e. The second-order valence-electron chi connectivity index (χ2n) is 5.25. The van der Waals surface area contributed by atoms with E-state index >= 15 is 0 Å². The molecule has 1 fully saturated rings. The minimum atomic E-state index is -2.54. The molecule has 1 atom stereocenters. The fourth-order valence-electron chi connectivity index (χ4n) is 2.65. The number of hydrogen-bond acceptors (Lipinski definition) is 2. The third-order valence-corrected chi connectivity index (χ3v) is 3.82. The number of nitrogens with one attached hydrogen (secondary N) is 1. The number of rotatable bonds is 6. The molecule has 6 heteroatoms. The van der Waals surface area contributed by atoms with Gasteiger partial charge in [0.25, 0.3) is 0 Å². The van der Waals surface area contributed by atoms with Crippen molar-refractivity contribution in [2.24, 2.45) is 5.92 Å². The fourth-order valence-corrected chi connectivity index (χ4v) is 2.65. The van der Waals surface area contributed by atoms with E-state index in [-0.39, 0.29) is 0 Å². The molecule has 1 aliphatic rings. The highest BCUT2D eigenvalue weighted by Gasteiger charge is 2.31. The zero-order valence-corrected chi connectivity index (χ0v) is 11.3. The minimum Gasteiger partial charge on any atom is -0.346 e. The van der Waals surface area contributed by atoms with Crippen molar-refractivity contribution in [1.82, 2.24) is 19.4 Å². The maximum atomic E-state index is 12.8. The van der Waals surface area contributed by atoms with E-state index < -0.39 is 6.55 Å².